The molecule has 0 saturated heterocycles. The van der Waals surface area contributed by atoms with E-state index in [-0.39, 0.29) is 17.0 Å². The summed E-state index contributed by atoms with van der Waals surface area (Å²) in [5.74, 6) is -0.421. The van der Waals surface area contributed by atoms with E-state index in [0.29, 0.717) is 5.56 Å². The molecule has 17 heavy (non-hydrogen) atoms. The van der Waals surface area contributed by atoms with Gasteiger partial charge >= 0.3 is 5.97 Å². The van der Waals surface area contributed by atoms with Crippen LogP contribution in [-0.4, -0.2) is 22.3 Å². The van der Waals surface area contributed by atoms with E-state index in [2.05, 4.69) is 5.16 Å². The van der Waals surface area contributed by atoms with Crippen LogP contribution in [-0.2, 0) is 4.79 Å². The lowest BCUT2D eigenvalue weighted by Gasteiger charge is -2.08. The van der Waals surface area contributed by atoms with Crippen LogP contribution in [0.2, 0.25) is 0 Å². The van der Waals surface area contributed by atoms with Gasteiger partial charge in [0.05, 0.1) is 11.1 Å². The van der Waals surface area contributed by atoms with Crippen molar-refractivity contribution in [1.29, 1.82) is 0 Å². The number of hydrogen-bond acceptors (Lipinski definition) is 6. The second-order valence-corrected chi connectivity index (χ2v) is 3.28. The number of rotatable bonds is 3. The minimum atomic E-state index is -0.584. The molecule has 0 fully saturated rings. The third-order valence-electron chi connectivity index (χ3n) is 1.94. The molecule has 1 aromatic carbocycles. The van der Waals surface area contributed by atoms with Crippen molar-refractivity contribution in [2.45, 2.75) is 13.8 Å². The van der Waals surface area contributed by atoms with Gasteiger partial charge < -0.3 is 9.94 Å². The zero-order valence-corrected chi connectivity index (χ0v) is 9.21. The average Bonchev–Trinajstić information content (AvgIpc) is 2.22. The van der Waals surface area contributed by atoms with Gasteiger partial charge in [0.2, 0.25) is 0 Å². The van der Waals surface area contributed by atoms with Crippen molar-refractivity contribution in [3.63, 3.8) is 0 Å². The fraction of sp³-hybridized carbons (Fsp3) is 0.200. The van der Waals surface area contributed by atoms with Crippen LogP contribution in [0.3, 0.4) is 0 Å². The molecule has 0 aliphatic carbocycles. The van der Waals surface area contributed by atoms with Crippen LogP contribution in [0.15, 0.2) is 17.3 Å². The SMILES string of the molecule is CC(=O)Oc1c(C)cc([N+](=O)[O-])cc1/C=N/O. The summed E-state index contributed by atoms with van der Waals surface area (Å²) in [5, 5.41) is 21.9. The summed E-state index contributed by atoms with van der Waals surface area (Å²) in [6.07, 6.45) is 0.971. The van der Waals surface area contributed by atoms with Gasteiger partial charge in [-0.05, 0) is 12.5 Å². The van der Waals surface area contributed by atoms with E-state index in [1.54, 1.807) is 6.92 Å². The first-order valence-electron chi connectivity index (χ1n) is 4.60. The third kappa shape index (κ3) is 3.00. The lowest BCUT2D eigenvalue weighted by atomic mass is 10.1. The van der Waals surface area contributed by atoms with Crippen molar-refractivity contribution in [1.82, 2.24) is 0 Å². The number of benzene rings is 1. The predicted octanol–water partition coefficient (Wildman–Crippen LogP) is 1.64. The van der Waals surface area contributed by atoms with Crippen LogP contribution in [0.1, 0.15) is 18.1 Å². The van der Waals surface area contributed by atoms with Gasteiger partial charge in [-0.15, -0.1) is 0 Å². The molecule has 1 N–H and O–H groups in total. The number of esters is 1. The van der Waals surface area contributed by atoms with Crippen LogP contribution in [0.4, 0.5) is 5.69 Å². The van der Waals surface area contributed by atoms with Crippen LogP contribution in [0.5, 0.6) is 5.75 Å². The van der Waals surface area contributed by atoms with E-state index in [0.717, 1.165) is 12.3 Å². The zero-order chi connectivity index (χ0) is 13.0. The predicted molar refractivity (Wildman–Crippen MR) is 58.5 cm³/mol. The van der Waals surface area contributed by atoms with Crippen molar-refractivity contribution in [3.8, 4) is 5.75 Å². The minimum absolute atomic E-state index is 0.140. The van der Waals surface area contributed by atoms with Crippen LogP contribution in [0.25, 0.3) is 0 Å². The number of oxime groups is 1. The summed E-state index contributed by atoms with van der Waals surface area (Å²) >= 11 is 0. The zero-order valence-electron chi connectivity index (χ0n) is 9.21. The van der Waals surface area contributed by atoms with Crippen LogP contribution in [0, 0.1) is 17.0 Å². The molecule has 1 aromatic rings. The van der Waals surface area contributed by atoms with Gasteiger partial charge in [0.25, 0.3) is 5.69 Å². The van der Waals surface area contributed by atoms with E-state index >= 15 is 0 Å². The average molecular weight is 238 g/mol. The number of ether oxygens (including phenoxy) is 1. The Morgan fingerprint density at radius 2 is 2.24 bits per heavy atom. The molecular formula is C10H10N2O5. The second kappa shape index (κ2) is 5.06. The monoisotopic (exact) mass is 238 g/mol. The van der Waals surface area contributed by atoms with Crippen molar-refractivity contribution >= 4 is 17.9 Å². The number of nitro benzene ring substituents is 1. The van der Waals surface area contributed by atoms with Crippen LogP contribution >= 0.6 is 0 Å². The molecule has 0 spiro atoms. The summed E-state index contributed by atoms with van der Waals surface area (Å²) < 4.78 is 4.90. The highest BCUT2D eigenvalue weighted by molar-refractivity contribution is 5.87. The normalized spacial score (nSPS) is 10.5. The molecule has 90 valence electrons. The van der Waals surface area contributed by atoms with Gasteiger partial charge in [-0.1, -0.05) is 5.16 Å². The smallest absolute Gasteiger partial charge is 0.308 e. The second-order valence-electron chi connectivity index (χ2n) is 3.28. The lowest BCUT2D eigenvalue weighted by molar-refractivity contribution is -0.384. The van der Waals surface area contributed by atoms with Gasteiger partial charge in [-0.25, -0.2) is 0 Å². The summed E-state index contributed by atoms with van der Waals surface area (Å²) in [5.41, 5.74) is 0.395. The van der Waals surface area contributed by atoms with E-state index in [1.165, 1.54) is 13.0 Å². The quantitative estimate of drug-likeness (QED) is 0.215. The minimum Gasteiger partial charge on any atom is -0.426 e. The highest BCUT2D eigenvalue weighted by Crippen LogP contribution is 2.28. The van der Waals surface area contributed by atoms with Crippen molar-refractivity contribution < 1.29 is 19.7 Å². The highest BCUT2D eigenvalue weighted by atomic mass is 16.6. The van der Waals surface area contributed by atoms with E-state index in [1.807, 2.05) is 0 Å². The summed E-state index contributed by atoms with van der Waals surface area (Å²) in [4.78, 5) is 20.9. The van der Waals surface area contributed by atoms with Crippen molar-refractivity contribution in [3.05, 3.63) is 33.4 Å². The Labute approximate surface area is 96.5 Å². The molecule has 0 bridgehead atoms. The molecule has 0 aliphatic heterocycles. The molecule has 0 saturated carbocycles. The molecule has 1 rings (SSSR count). The molecule has 7 nitrogen and oxygen atoms in total. The first kappa shape index (κ1) is 12.6. The van der Waals surface area contributed by atoms with E-state index < -0.39 is 10.9 Å². The van der Waals surface area contributed by atoms with Gasteiger partial charge in [0.15, 0.2) is 0 Å². The van der Waals surface area contributed by atoms with E-state index in [4.69, 9.17) is 9.94 Å². The Bertz CT molecular complexity index is 496. The van der Waals surface area contributed by atoms with Gasteiger partial charge in [-0.2, -0.15) is 0 Å². The Balaban J connectivity index is 3.37. The number of nitrogens with zero attached hydrogens (tertiary/aromatic N) is 2. The van der Waals surface area contributed by atoms with Gasteiger partial charge in [0, 0.05) is 24.6 Å². The standard InChI is InChI=1S/C10H10N2O5/c1-6-3-9(12(15)16)4-8(5-11-14)10(6)17-7(2)13/h3-5,14H,1-2H3/b11-5+. The molecule has 7 heteroatoms. The summed E-state index contributed by atoms with van der Waals surface area (Å²) in [6, 6.07) is 2.43. The molecular weight excluding hydrogens is 228 g/mol. The Morgan fingerprint density at radius 3 is 2.71 bits per heavy atom. The maximum absolute atomic E-state index is 10.9. The highest BCUT2D eigenvalue weighted by Gasteiger charge is 2.15. The molecule has 0 aromatic heterocycles. The number of carbonyl (C=O) groups is 1. The van der Waals surface area contributed by atoms with Crippen LogP contribution < -0.4 is 4.74 Å². The molecule has 0 radical (unpaired) electrons. The Morgan fingerprint density at radius 1 is 1.59 bits per heavy atom. The third-order valence-corrected chi connectivity index (χ3v) is 1.94. The lowest BCUT2D eigenvalue weighted by Crippen LogP contribution is -2.06. The fourth-order valence-electron chi connectivity index (χ4n) is 1.33. The molecule has 0 atom stereocenters. The summed E-state index contributed by atoms with van der Waals surface area (Å²) in [6.45, 7) is 2.76. The first-order chi connectivity index (χ1) is 7.95. The fourth-order valence-corrected chi connectivity index (χ4v) is 1.33. The number of carbonyl (C=O) groups excluding carboxylic acids is 1. The molecule has 0 unspecified atom stereocenters. The van der Waals surface area contributed by atoms with Crippen molar-refractivity contribution in [2.24, 2.45) is 5.16 Å². The Kier molecular flexibility index (Phi) is 3.76. The number of hydrogen-bond donors (Lipinski definition) is 1. The van der Waals surface area contributed by atoms with Crippen molar-refractivity contribution in [2.75, 3.05) is 0 Å². The molecule has 0 heterocycles. The first-order valence-corrected chi connectivity index (χ1v) is 4.60. The maximum Gasteiger partial charge on any atom is 0.308 e. The summed E-state index contributed by atoms with van der Waals surface area (Å²) in [7, 11) is 0. The maximum atomic E-state index is 10.9. The number of nitro groups is 1. The molecule has 0 amide bonds. The van der Waals surface area contributed by atoms with Gasteiger partial charge in [-0.3, -0.25) is 14.9 Å². The Hall–Kier alpha value is -2.44. The topological polar surface area (TPSA) is 102 Å². The van der Waals surface area contributed by atoms with E-state index in [9.17, 15) is 14.9 Å². The molecule has 0 aliphatic rings. The largest absolute Gasteiger partial charge is 0.426 e. The number of aryl methyl sites for hydroxylation is 1. The van der Waals surface area contributed by atoms with Gasteiger partial charge in [0.1, 0.15) is 5.75 Å². The number of non-ortho nitro benzene ring substituents is 1.